The summed E-state index contributed by atoms with van der Waals surface area (Å²) in [6.45, 7) is 1.72. The summed E-state index contributed by atoms with van der Waals surface area (Å²) in [5, 5.41) is 7.98. The highest BCUT2D eigenvalue weighted by Gasteiger charge is 2.34. The van der Waals surface area contributed by atoms with Crippen LogP contribution in [0.5, 0.6) is 0 Å². The van der Waals surface area contributed by atoms with Crippen molar-refractivity contribution in [1.82, 2.24) is 29.4 Å². The van der Waals surface area contributed by atoms with Crippen molar-refractivity contribution < 1.29 is 4.79 Å². The van der Waals surface area contributed by atoms with Gasteiger partial charge in [-0.25, -0.2) is 4.98 Å². The topological polar surface area (TPSA) is 94.9 Å². The Balaban J connectivity index is 1.65. The number of hydrogen-bond acceptors (Lipinski definition) is 5. The lowest BCUT2D eigenvalue weighted by Gasteiger charge is -2.23. The second-order valence-electron chi connectivity index (χ2n) is 6.33. The van der Waals surface area contributed by atoms with E-state index in [0.717, 1.165) is 29.7 Å². The third-order valence-electron chi connectivity index (χ3n) is 4.75. The van der Waals surface area contributed by atoms with Gasteiger partial charge in [-0.05, 0) is 25.0 Å². The summed E-state index contributed by atoms with van der Waals surface area (Å²) in [7, 11) is 2.00. The summed E-state index contributed by atoms with van der Waals surface area (Å²) in [5.41, 5.74) is 7.91. The molecule has 1 aromatic carbocycles. The Morgan fingerprint density at radius 1 is 1.36 bits per heavy atom. The van der Waals surface area contributed by atoms with Crippen molar-refractivity contribution in [2.75, 3.05) is 13.1 Å². The Morgan fingerprint density at radius 3 is 3.00 bits per heavy atom. The fraction of sp³-hybridized carbons (Fsp3) is 0.412. The molecule has 2 aromatic heterocycles. The normalized spacial score (nSPS) is 17.5. The van der Waals surface area contributed by atoms with Gasteiger partial charge in [0.1, 0.15) is 5.82 Å². The van der Waals surface area contributed by atoms with Gasteiger partial charge in [0, 0.05) is 20.1 Å². The Kier molecular flexibility index (Phi) is 3.96. The van der Waals surface area contributed by atoms with E-state index in [-0.39, 0.29) is 11.9 Å². The van der Waals surface area contributed by atoms with Gasteiger partial charge in [0.25, 0.3) is 5.91 Å². The molecule has 130 valence electrons. The average Bonchev–Trinajstić information content (AvgIpc) is 3.34. The number of aryl methyl sites for hydroxylation is 1. The highest BCUT2D eigenvalue weighted by atomic mass is 16.2. The van der Waals surface area contributed by atoms with E-state index < -0.39 is 0 Å². The average molecular weight is 339 g/mol. The van der Waals surface area contributed by atoms with Gasteiger partial charge in [0.15, 0.2) is 5.69 Å². The van der Waals surface area contributed by atoms with Crippen molar-refractivity contribution in [2.24, 2.45) is 12.8 Å². The largest absolute Gasteiger partial charge is 0.329 e. The molecule has 1 amide bonds. The molecule has 8 heteroatoms. The molecule has 8 nitrogen and oxygen atoms in total. The minimum absolute atomic E-state index is 0.0374. The SMILES string of the molecule is Cn1c([C@@H]2CCCN2C(=O)c2cn(CCN)nn2)nc2ccccc21. The number of nitrogens with two attached hydrogens (primary N) is 1. The molecule has 0 spiro atoms. The third kappa shape index (κ3) is 2.68. The predicted molar refractivity (Wildman–Crippen MR) is 92.8 cm³/mol. The van der Waals surface area contributed by atoms with E-state index in [1.807, 2.05) is 36.2 Å². The molecular weight excluding hydrogens is 318 g/mol. The van der Waals surface area contributed by atoms with Gasteiger partial charge in [-0.1, -0.05) is 17.3 Å². The number of aromatic nitrogens is 5. The van der Waals surface area contributed by atoms with E-state index in [9.17, 15) is 4.79 Å². The lowest BCUT2D eigenvalue weighted by Crippen LogP contribution is -2.32. The van der Waals surface area contributed by atoms with E-state index in [4.69, 9.17) is 10.7 Å². The zero-order chi connectivity index (χ0) is 17.4. The summed E-state index contributed by atoms with van der Waals surface area (Å²) in [4.78, 5) is 19.5. The molecule has 0 saturated carbocycles. The van der Waals surface area contributed by atoms with Gasteiger partial charge in [-0.15, -0.1) is 5.10 Å². The van der Waals surface area contributed by atoms with Crippen molar-refractivity contribution >= 4 is 16.9 Å². The van der Waals surface area contributed by atoms with Gasteiger partial charge in [-0.2, -0.15) is 0 Å². The smallest absolute Gasteiger partial charge is 0.276 e. The zero-order valence-corrected chi connectivity index (χ0v) is 14.2. The van der Waals surface area contributed by atoms with Gasteiger partial charge in [-0.3, -0.25) is 9.48 Å². The van der Waals surface area contributed by atoms with E-state index in [2.05, 4.69) is 14.9 Å². The van der Waals surface area contributed by atoms with Crippen LogP contribution in [0.1, 0.15) is 35.2 Å². The molecule has 25 heavy (non-hydrogen) atoms. The maximum absolute atomic E-state index is 12.9. The Morgan fingerprint density at radius 2 is 2.20 bits per heavy atom. The monoisotopic (exact) mass is 339 g/mol. The van der Waals surface area contributed by atoms with Crippen LogP contribution < -0.4 is 5.73 Å². The summed E-state index contributed by atoms with van der Waals surface area (Å²) in [5.74, 6) is 0.819. The summed E-state index contributed by atoms with van der Waals surface area (Å²) < 4.78 is 3.68. The highest BCUT2D eigenvalue weighted by Crippen LogP contribution is 2.33. The molecule has 0 radical (unpaired) electrons. The molecule has 0 bridgehead atoms. The Labute approximate surface area is 145 Å². The lowest BCUT2D eigenvalue weighted by atomic mass is 10.2. The summed E-state index contributed by atoms with van der Waals surface area (Å²) >= 11 is 0. The standard InChI is InChI=1S/C17H21N7O/c1-22-14-6-3-2-5-12(14)19-16(22)15-7-4-9-24(15)17(25)13-11-23(10-8-18)21-20-13/h2-3,5-6,11,15H,4,7-10,18H2,1H3/t15-/m0/s1. The van der Waals surface area contributed by atoms with Crippen LogP contribution in [0.3, 0.4) is 0 Å². The molecule has 4 rings (SSSR count). The zero-order valence-electron chi connectivity index (χ0n) is 14.2. The number of carbonyl (C=O) groups excluding carboxylic acids is 1. The Hall–Kier alpha value is -2.74. The number of imidazole rings is 1. The second kappa shape index (κ2) is 6.29. The summed E-state index contributed by atoms with van der Waals surface area (Å²) in [6, 6.07) is 7.99. The maximum atomic E-state index is 12.9. The first kappa shape index (κ1) is 15.8. The molecule has 2 N–H and O–H groups in total. The molecule has 3 heterocycles. The van der Waals surface area contributed by atoms with E-state index >= 15 is 0 Å². The van der Waals surface area contributed by atoms with E-state index in [1.165, 1.54) is 0 Å². The minimum Gasteiger partial charge on any atom is -0.329 e. The van der Waals surface area contributed by atoms with Crippen LogP contribution in [0.25, 0.3) is 11.0 Å². The van der Waals surface area contributed by atoms with Crippen molar-refractivity contribution in [2.45, 2.75) is 25.4 Å². The van der Waals surface area contributed by atoms with Gasteiger partial charge >= 0.3 is 0 Å². The van der Waals surface area contributed by atoms with Crippen LogP contribution in [0.15, 0.2) is 30.5 Å². The molecule has 1 aliphatic rings. The number of nitrogens with zero attached hydrogens (tertiary/aromatic N) is 6. The predicted octanol–water partition coefficient (Wildman–Crippen LogP) is 1.10. The fourth-order valence-electron chi connectivity index (χ4n) is 3.53. The number of fused-ring (bicyclic) bond motifs is 1. The van der Waals surface area contributed by atoms with Crippen LogP contribution in [0.4, 0.5) is 0 Å². The molecular formula is C17H21N7O. The second-order valence-corrected chi connectivity index (χ2v) is 6.33. The first-order valence-corrected chi connectivity index (χ1v) is 8.51. The number of amides is 1. The number of hydrogen-bond donors (Lipinski definition) is 1. The van der Waals surface area contributed by atoms with Crippen molar-refractivity contribution in [1.29, 1.82) is 0 Å². The highest BCUT2D eigenvalue weighted by molar-refractivity contribution is 5.92. The van der Waals surface area contributed by atoms with E-state index in [0.29, 0.717) is 25.3 Å². The van der Waals surface area contributed by atoms with Crippen LogP contribution in [0.2, 0.25) is 0 Å². The van der Waals surface area contributed by atoms with Gasteiger partial charge in [0.2, 0.25) is 0 Å². The number of benzene rings is 1. The number of rotatable bonds is 4. The van der Waals surface area contributed by atoms with Crippen molar-refractivity contribution in [3.8, 4) is 0 Å². The van der Waals surface area contributed by atoms with Gasteiger partial charge in [0.05, 0.1) is 29.8 Å². The number of likely N-dealkylation sites (tertiary alicyclic amines) is 1. The van der Waals surface area contributed by atoms with E-state index in [1.54, 1.807) is 10.9 Å². The van der Waals surface area contributed by atoms with Gasteiger partial charge < -0.3 is 15.2 Å². The number of carbonyl (C=O) groups is 1. The van der Waals surface area contributed by atoms with Crippen LogP contribution in [-0.2, 0) is 13.6 Å². The molecule has 1 fully saturated rings. The van der Waals surface area contributed by atoms with Crippen molar-refractivity contribution in [3.63, 3.8) is 0 Å². The lowest BCUT2D eigenvalue weighted by molar-refractivity contribution is 0.0722. The summed E-state index contributed by atoms with van der Waals surface area (Å²) in [6.07, 6.45) is 3.52. The number of para-hydroxylation sites is 2. The van der Waals surface area contributed by atoms with Crippen molar-refractivity contribution in [3.05, 3.63) is 42.0 Å². The molecule has 0 unspecified atom stereocenters. The quantitative estimate of drug-likeness (QED) is 0.768. The molecule has 1 saturated heterocycles. The third-order valence-corrected chi connectivity index (χ3v) is 4.75. The van der Waals surface area contributed by atoms with Crippen LogP contribution in [-0.4, -0.2) is 48.4 Å². The maximum Gasteiger partial charge on any atom is 0.276 e. The van der Waals surface area contributed by atoms with Crippen LogP contribution in [0, 0.1) is 0 Å². The molecule has 1 aliphatic heterocycles. The minimum atomic E-state index is -0.0992. The van der Waals surface area contributed by atoms with Crippen LogP contribution >= 0.6 is 0 Å². The Bertz CT molecular complexity index is 913. The fourth-order valence-corrected chi connectivity index (χ4v) is 3.53. The molecule has 0 aliphatic carbocycles. The molecule has 3 aromatic rings. The first-order chi connectivity index (χ1) is 12.2. The molecule has 1 atom stereocenters. The first-order valence-electron chi connectivity index (χ1n) is 8.51.